The van der Waals surface area contributed by atoms with Gasteiger partial charge in [-0.25, -0.2) is 8.42 Å². The van der Waals surface area contributed by atoms with Crippen LogP contribution in [0, 0.1) is 0 Å². The average molecular weight is 405 g/mol. The second-order valence-corrected chi connectivity index (χ2v) is 8.14. The second kappa shape index (κ2) is 8.60. The quantitative estimate of drug-likeness (QED) is 0.730. The summed E-state index contributed by atoms with van der Waals surface area (Å²) in [7, 11) is -3.56. The van der Waals surface area contributed by atoms with E-state index in [0.717, 1.165) is 10.6 Å². The van der Waals surface area contributed by atoms with Crippen LogP contribution in [0.4, 0.5) is 5.69 Å². The minimum absolute atomic E-state index is 0.118. The summed E-state index contributed by atoms with van der Waals surface area (Å²) in [6.07, 6.45) is 3.12. The minimum Gasteiger partial charge on any atom is -0.467 e. The third kappa shape index (κ3) is 5.95. The van der Waals surface area contributed by atoms with Gasteiger partial charge >= 0.3 is 0 Å². The molecule has 1 aromatic carbocycles. The third-order valence-electron chi connectivity index (χ3n) is 3.38. The fraction of sp³-hybridized carbons (Fsp3) is 0.312. The Morgan fingerprint density at radius 2 is 2.04 bits per heavy atom. The number of carbonyl (C=O) groups excluding carboxylic acids is 1. The first-order valence-corrected chi connectivity index (χ1v) is 10.1. The number of nitrogens with one attached hydrogen (secondary N) is 1. The zero-order valence-corrected chi connectivity index (χ0v) is 15.9. The maximum Gasteiger partial charge on any atom is 0.232 e. The number of anilines is 1. The molecule has 0 saturated carbocycles. The van der Waals surface area contributed by atoms with Gasteiger partial charge in [0.1, 0.15) is 5.76 Å². The van der Waals surface area contributed by atoms with Crippen LogP contribution >= 0.6 is 23.2 Å². The van der Waals surface area contributed by atoms with Gasteiger partial charge in [-0.3, -0.25) is 9.10 Å². The Morgan fingerprint density at radius 1 is 1.28 bits per heavy atom. The Balaban J connectivity index is 1.94. The molecule has 2 rings (SSSR count). The summed E-state index contributed by atoms with van der Waals surface area (Å²) in [5.74, 6) is 0.457. The van der Waals surface area contributed by atoms with Crippen molar-refractivity contribution in [2.75, 3.05) is 17.1 Å². The number of halogens is 2. The van der Waals surface area contributed by atoms with Gasteiger partial charge in [0.15, 0.2) is 0 Å². The second-order valence-electron chi connectivity index (χ2n) is 5.39. The highest BCUT2D eigenvalue weighted by atomic mass is 35.5. The molecule has 0 aliphatic carbocycles. The van der Waals surface area contributed by atoms with E-state index in [2.05, 4.69) is 5.32 Å². The number of hydrogen-bond acceptors (Lipinski definition) is 4. The third-order valence-corrected chi connectivity index (χ3v) is 5.12. The molecule has 0 aliphatic heterocycles. The minimum atomic E-state index is -3.56. The van der Waals surface area contributed by atoms with Crippen molar-refractivity contribution in [2.24, 2.45) is 0 Å². The van der Waals surface area contributed by atoms with Gasteiger partial charge in [0.05, 0.1) is 29.8 Å². The van der Waals surface area contributed by atoms with Crippen molar-refractivity contribution in [1.29, 1.82) is 0 Å². The highest BCUT2D eigenvalue weighted by Gasteiger charge is 2.20. The van der Waals surface area contributed by atoms with Crippen LogP contribution in [0.15, 0.2) is 41.0 Å². The fourth-order valence-corrected chi connectivity index (χ4v) is 3.62. The van der Waals surface area contributed by atoms with Gasteiger partial charge in [0, 0.05) is 18.0 Å². The molecule has 2 aromatic rings. The van der Waals surface area contributed by atoms with Gasteiger partial charge in [-0.1, -0.05) is 23.2 Å². The highest BCUT2D eigenvalue weighted by Crippen LogP contribution is 2.30. The molecule has 9 heteroatoms. The Bertz CT molecular complexity index is 823. The van der Waals surface area contributed by atoms with Crippen LogP contribution in [0.1, 0.15) is 18.6 Å². The van der Waals surface area contributed by atoms with Crippen molar-refractivity contribution in [3.05, 3.63) is 52.4 Å². The normalized spacial score (nSPS) is 11.3. The lowest BCUT2D eigenvalue weighted by molar-refractivity contribution is -0.121. The molecule has 1 heterocycles. The molecule has 0 unspecified atom stereocenters. The number of amides is 1. The maximum absolute atomic E-state index is 12.1. The number of sulfonamides is 1. The molecule has 0 fully saturated rings. The van der Waals surface area contributed by atoms with Crippen molar-refractivity contribution < 1.29 is 17.6 Å². The van der Waals surface area contributed by atoms with Crippen LogP contribution < -0.4 is 9.62 Å². The van der Waals surface area contributed by atoms with Crippen LogP contribution in [-0.4, -0.2) is 27.1 Å². The molecule has 6 nitrogen and oxygen atoms in total. The van der Waals surface area contributed by atoms with E-state index in [4.69, 9.17) is 27.6 Å². The van der Waals surface area contributed by atoms with Crippen molar-refractivity contribution in [3.8, 4) is 0 Å². The Labute approximate surface area is 156 Å². The molecule has 0 spiro atoms. The van der Waals surface area contributed by atoms with E-state index in [1.54, 1.807) is 18.2 Å². The van der Waals surface area contributed by atoms with E-state index < -0.39 is 10.0 Å². The first kappa shape index (κ1) is 19.6. The standard InChI is InChI=1S/C16H18Cl2N2O4S/c1-25(22,23)20(15-10-12(17)6-7-14(15)18)8-2-5-16(21)19-11-13-4-3-9-24-13/h3-4,6-7,9-10H,2,5,8,11H2,1H3,(H,19,21). The van der Waals surface area contributed by atoms with Crippen molar-refractivity contribution in [3.63, 3.8) is 0 Å². The zero-order valence-electron chi connectivity index (χ0n) is 13.5. The van der Waals surface area contributed by atoms with Crippen molar-refractivity contribution >= 4 is 44.8 Å². The van der Waals surface area contributed by atoms with Crippen LogP contribution in [0.25, 0.3) is 0 Å². The highest BCUT2D eigenvalue weighted by molar-refractivity contribution is 7.92. The smallest absolute Gasteiger partial charge is 0.232 e. The van der Waals surface area contributed by atoms with Crippen molar-refractivity contribution in [1.82, 2.24) is 5.32 Å². The summed E-state index contributed by atoms with van der Waals surface area (Å²) in [6.45, 7) is 0.412. The van der Waals surface area contributed by atoms with Gasteiger partial charge in [0.25, 0.3) is 0 Å². The lowest BCUT2D eigenvalue weighted by Gasteiger charge is -2.23. The Kier molecular flexibility index (Phi) is 6.75. The molecule has 25 heavy (non-hydrogen) atoms. The monoisotopic (exact) mass is 404 g/mol. The predicted octanol–water partition coefficient (Wildman–Crippen LogP) is 3.45. The number of rotatable bonds is 8. The molecular formula is C16H18Cl2N2O4S. The van der Waals surface area contributed by atoms with E-state index in [9.17, 15) is 13.2 Å². The van der Waals surface area contributed by atoms with Crippen molar-refractivity contribution in [2.45, 2.75) is 19.4 Å². The van der Waals surface area contributed by atoms with E-state index in [1.165, 1.54) is 18.4 Å². The summed E-state index contributed by atoms with van der Waals surface area (Å²) >= 11 is 12.0. The van der Waals surface area contributed by atoms with E-state index in [0.29, 0.717) is 29.4 Å². The topological polar surface area (TPSA) is 79.6 Å². The fourth-order valence-electron chi connectivity index (χ4n) is 2.21. The summed E-state index contributed by atoms with van der Waals surface area (Å²) in [5.41, 5.74) is 0.299. The summed E-state index contributed by atoms with van der Waals surface area (Å²) in [4.78, 5) is 11.9. The molecule has 136 valence electrons. The SMILES string of the molecule is CS(=O)(=O)N(CCCC(=O)NCc1ccco1)c1cc(Cl)ccc1Cl. The first-order valence-electron chi connectivity index (χ1n) is 7.49. The van der Waals surface area contributed by atoms with Gasteiger partial charge in [-0.05, 0) is 36.8 Å². The van der Waals surface area contributed by atoms with Gasteiger partial charge < -0.3 is 9.73 Å². The van der Waals surface area contributed by atoms with Crippen LogP contribution in [0.3, 0.4) is 0 Å². The molecule has 1 amide bonds. The first-order chi connectivity index (χ1) is 11.8. The largest absolute Gasteiger partial charge is 0.467 e. The van der Waals surface area contributed by atoms with Gasteiger partial charge in [-0.2, -0.15) is 0 Å². The summed E-state index contributed by atoms with van der Waals surface area (Å²) in [5, 5.41) is 3.36. The molecule has 0 radical (unpaired) electrons. The molecular weight excluding hydrogens is 387 g/mol. The zero-order chi connectivity index (χ0) is 18.4. The number of carbonyl (C=O) groups is 1. The van der Waals surface area contributed by atoms with Gasteiger partial charge in [0.2, 0.25) is 15.9 Å². The molecule has 0 aliphatic rings. The lowest BCUT2D eigenvalue weighted by atomic mass is 10.2. The maximum atomic E-state index is 12.1. The predicted molar refractivity (Wildman–Crippen MR) is 98.4 cm³/mol. The lowest BCUT2D eigenvalue weighted by Crippen LogP contribution is -2.32. The van der Waals surface area contributed by atoms with E-state index in [-0.39, 0.29) is 23.9 Å². The number of furan rings is 1. The molecule has 0 bridgehead atoms. The van der Waals surface area contributed by atoms with E-state index in [1.807, 2.05) is 0 Å². The van der Waals surface area contributed by atoms with Crippen LogP contribution in [0.5, 0.6) is 0 Å². The number of benzene rings is 1. The Morgan fingerprint density at radius 3 is 2.68 bits per heavy atom. The van der Waals surface area contributed by atoms with Crippen LogP contribution in [0.2, 0.25) is 10.0 Å². The molecule has 1 aromatic heterocycles. The van der Waals surface area contributed by atoms with E-state index >= 15 is 0 Å². The summed E-state index contributed by atoms with van der Waals surface area (Å²) in [6, 6.07) is 8.10. The molecule has 1 N–H and O–H groups in total. The number of nitrogens with zero attached hydrogens (tertiary/aromatic N) is 1. The molecule has 0 atom stereocenters. The molecule has 0 saturated heterocycles. The number of hydrogen-bond donors (Lipinski definition) is 1. The Hall–Kier alpha value is -1.70. The van der Waals surface area contributed by atoms with Crippen LogP contribution in [-0.2, 0) is 21.4 Å². The average Bonchev–Trinajstić information content (AvgIpc) is 3.04. The summed E-state index contributed by atoms with van der Waals surface area (Å²) < 4.78 is 30.4. The van der Waals surface area contributed by atoms with Gasteiger partial charge in [-0.15, -0.1) is 0 Å².